The van der Waals surface area contributed by atoms with Crippen molar-refractivity contribution in [3.63, 3.8) is 0 Å². The molecule has 1 amide bonds. The highest BCUT2D eigenvalue weighted by atomic mass is 35.5. The number of nitrogens with zero attached hydrogens (tertiary/aromatic N) is 5. The predicted octanol–water partition coefficient (Wildman–Crippen LogP) is 2.56. The van der Waals surface area contributed by atoms with Crippen LogP contribution in [0, 0.1) is 11.8 Å². The summed E-state index contributed by atoms with van der Waals surface area (Å²) in [5.41, 5.74) is 7.02. The molecule has 2 fully saturated rings. The predicted molar refractivity (Wildman–Crippen MR) is 106 cm³/mol. The van der Waals surface area contributed by atoms with E-state index in [4.69, 9.17) is 17.3 Å². The van der Waals surface area contributed by atoms with Gasteiger partial charge in [-0.1, -0.05) is 18.5 Å². The van der Waals surface area contributed by atoms with Crippen LogP contribution in [-0.2, 0) is 4.79 Å². The van der Waals surface area contributed by atoms with E-state index in [1.54, 1.807) is 12.1 Å². The first-order valence-electron chi connectivity index (χ1n) is 9.16. The lowest BCUT2D eigenvalue weighted by molar-refractivity contribution is -0.134. The molecule has 1 aromatic carbocycles. The van der Waals surface area contributed by atoms with Crippen molar-refractivity contribution in [3.05, 3.63) is 29.3 Å². The molecule has 0 radical (unpaired) electrons. The molecule has 4 atom stereocenters. The summed E-state index contributed by atoms with van der Waals surface area (Å²) in [5, 5.41) is 13.3. The molecule has 2 N–H and O–H groups in total. The minimum absolute atomic E-state index is 0. The first-order valence-corrected chi connectivity index (χ1v) is 9.54. The Morgan fingerprint density at radius 1 is 1.30 bits per heavy atom. The molecular formula is C18H24Cl2N6O. The minimum atomic E-state index is -0.432. The van der Waals surface area contributed by atoms with Gasteiger partial charge in [0.25, 0.3) is 0 Å². The van der Waals surface area contributed by atoms with Gasteiger partial charge in [0.2, 0.25) is 11.7 Å². The first-order chi connectivity index (χ1) is 12.6. The van der Waals surface area contributed by atoms with Crippen molar-refractivity contribution in [3.8, 4) is 11.4 Å². The summed E-state index contributed by atoms with van der Waals surface area (Å²) >= 11 is 5.92. The van der Waals surface area contributed by atoms with Gasteiger partial charge in [0.05, 0.1) is 0 Å². The minimum Gasteiger partial charge on any atom is -0.340 e. The maximum Gasteiger partial charge on any atom is 0.249 e. The molecule has 1 saturated heterocycles. The van der Waals surface area contributed by atoms with E-state index in [0.29, 0.717) is 29.1 Å². The number of carbonyl (C=O) groups is 1. The zero-order valence-corrected chi connectivity index (χ0v) is 16.7. The fraction of sp³-hybridized carbons (Fsp3) is 0.556. The fourth-order valence-electron chi connectivity index (χ4n) is 4.21. The summed E-state index contributed by atoms with van der Waals surface area (Å²) < 4.78 is 0. The molecule has 4 unspecified atom stereocenters. The van der Waals surface area contributed by atoms with Gasteiger partial charge in [-0.25, -0.2) is 0 Å². The molecule has 1 aromatic heterocycles. The van der Waals surface area contributed by atoms with Gasteiger partial charge in [-0.15, -0.1) is 22.6 Å². The average molecular weight is 411 g/mol. The highest BCUT2D eigenvalue weighted by Crippen LogP contribution is 2.38. The first kappa shape index (κ1) is 20.0. The van der Waals surface area contributed by atoms with E-state index in [1.807, 2.05) is 24.0 Å². The van der Waals surface area contributed by atoms with Crippen LogP contribution in [0.5, 0.6) is 0 Å². The van der Waals surface area contributed by atoms with Crippen LogP contribution >= 0.6 is 24.0 Å². The molecule has 4 rings (SSSR count). The van der Waals surface area contributed by atoms with Crippen LogP contribution in [-0.4, -0.2) is 50.1 Å². The third-order valence-corrected chi connectivity index (χ3v) is 5.96. The van der Waals surface area contributed by atoms with Crippen molar-refractivity contribution in [2.24, 2.45) is 17.6 Å². The SMILES string of the molecule is CCC(C(=O)N1CC2CCC(N)C2C1)n1nnc(-c2ccc(Cl)cc2)n1.Cl. The van der Waals surface area contributed by atoms with Crippen LogP contribution in [0.4, 0.5) is 0 Å². The summed E-state index contributed by atoms with van der Waals surface area (Å²) in [6, 6.07) is 7.04. The van der Waals surface area contributed by atoms with E-state index in [0.717, 1.165) is 31.5 Å². The fourth-order valence-corrected chi connectivity index (χ4v) is 4.33. The number of amides is 1. The average Bonchev–Trinajstić information content (AvgIpc) is 3.34. The molecule has 27 heavy (non-hydrogen) atoms. The molecule has 9 heteroatoms. The Morgan fingerprint density at radius 2 is 2.04 bits per heavy atom. The number of hydrogen-bond donors (Lipinski definition) is 1. The van der Waals surface area contributed by atoms with Crippen molar-refractivity contribution in [2.45, 2.75) is 38.3 Å². The van der Waals surface area contributed by atoms with E-state index in [9.17, 15) is 4.79 Å². The van der Waals surface area contributed by atoms with Crippen molar-refractivity contribution >= 4 is 29.9 Å². The molecule has 146 valence electrons. The number of benzene rings is 1. The zero-order chi connectivity index (χ0) is 18.3. The van der Waals surface area contributed by atoms with Crippen LogP contribution in [0.25, 0.3) is 11.4 Å². The maximum absolute atomic E-state index is 13.0. The molecule has 1 aliphatic carbocycles. The number of carbonyl (C=O) groups excluding carboxylic acids is 1. The molecular weight excluding hydrogens is 387 g/mol. The van der Waals surface area contributed by atoms with Gasteiger partial charge < -0.3 is 10.6 Å². The number of hydrogen-bond acceptors (Lipinski definition) is 5. The van der Waals surface area contributed by atoms with Crippen LogP contribution in [0.2, 0.25) is 5.02 Å². The van der Waals surface area contributed by atoms with Crippen molar-refractivity contribution in [1.82, 2.24) is 25.1 Å². The van der Waals surface area contributed by atoms with Gasteiger partial charge >= 0.3 is 0 Å². The normalized spacial score (nSPS) is 25.1. The highest BCUT2D eigenvalue weighted by Gasteiger charge is 2.43. The van der Waals surface area contributed by atoms with Gasteiger partial charge in [-0.2, -0.15) is 4.80 Å². The Hall–Kier alpha value is -1.70. The molecule has 0 bridgehead atoms. The molecule has 2 aliphatic rings. The summed E-state index contributed by atoms with van der Waals surface area (Å²) in [5.74, 6) is 1.53. The second kappa shape index (κ2) is 8.12. The number of nitrogens with two attached hydrogens (primary N) is 1. The summed E-state index contributed by atoms with van der Waals surface area (Å²) in [6.07, 6.45) is 2.81. The van der Waals surface area contributed by atoms with Gasteiger partial charge in [-0.3, -0.25) is 4.79 Å². The van der Waals surface area contributed by atoms with Crippen LogP contribution < -0.4 is 5.73 Å². The second-order valence-corrected chi connectivity index (χ2v) is 7.71. The molecule has 2 aromatic rings. The quantitative estimate of drug-likeness (QED) is 0.835. The van der Waals surface area contributed by atoms with Gasteiger partial charge in [0, 0.05) is 29.7 Å². The molecule has 1 aliphatic heterocycles. The van der Waals surface area contributed by atoms with Crippen LogP contribution in [0.1, 0.15) is 32.2 Å². The molecule has 7 nitrogen and oxygen atoms in total. The Labute approximate surface area is 169 Å². The van der Waals surface area contributed by atoms with E-state index < -0.39 is 6.04 Å². The summed E-state index contributed by atoms with van der Waals surface area (Å²) in [4.78, 5) is 16.4. The van der Waals surface area contributed by atoms with E-state index in [2.05, 4.69) is 15.4 Å². The summed E-state index contributed by atoms with van der Waals surface area (Å²) in [6.45, 7) is 3.52. The Kier molecular flexibility index (Phi) is 6.03. The smallest absolute Gasteiger partial charge is 0.249 e. The molecule has 2 heterocycles. The zero-order valence-electron chi connectivity index (χ0n) is 15.2. The Bertz CT molecular complexity index is 795. The number of fused-ring (bicyclic) bond motifs is 1. The lowest BCUT2D eigenvalue weighted by atomic mass is 9.98. The van der Waals surface area contributed by atoms with Crippen molar-refractivity contribution in [2.75, 3.05) is 13.1 Å². The van der Waals surface area contributed by atoms with Gasteiger partial charge in [-0.05, 0) is 60.6 Å². The van der Waals surface area contributed by atoms with Crippen LogP contribution in [0.3, 0.4) is 0 Å². The van der Waals surface area contributed by atoms with Crippen molar-refractivity contribution in [1.29, 1.82) is 0 Å². The topological polar surface area (TPSA) is 89.9 Å². The van der Waals surface area contributed by atoms with E-state index in [-0.39, 0.29) is 24.4 Å². The third kappa shape index (κ3) is 3.81. The van der Waals surface area contributed by atoms with Crippen LogP contribution in [0.15, 0.2) is 24.3 Å². The Balaban J connectivity index is 0.00000210. The maximum atomic E-state index is 13.0. The monoisotopic (exact) mass is 410 g/mol. The number of halogens is 2. The molecule has 1 saturated carbocycles. The van der Waals surface area contributed by atoms with E-state index in [1.165, 1.54) is 4.80 Å². The Morgan fingerprint density at radius 3 is 2.70 bits per heavy atom. The second-order valence-electron chi connectivity index (χ2n) is 7.27. The van der Waals surface area contributed by atoms with Crippen molar-refractivity contribution < 1.29 is 4.79 Å². The standard InChI is InChI=1S/C18H23ClN6O.ClH/c1-2-16(18(26)24-9-12-5-8-15(20)14(12)10-24)25-22-17(21-23-25)11-3-6-13(19)7-4-11;/h3-4,6-7,12,14-16H,2,5,8-10,20H2,1H3;1H. The third-order valence-electron chi connectivity index (χ3n) is 5.71. The lowest BCUT2D eigenvalue weighted by Crippen LogP contribution is -2.38. The number of tetrazole rings is 1. The van der Waals surface area contributed by atoms with E-state index >= 15 is 0 Å². The van der Waals surface area contributed by atoms with Gasteiger partial charge in [0.1, 0.15) is 0 Å². The summed E-state index contributed by atoms with van der Waals surface area (Å²) in [7, 11) is 0. The van der Waals surface area contributed by atoms with Gasteiger partial charge in [0.15, 0.2) is 6.04 Å². The number of aromatic nitrogens is 4. The number of likely N-dealkylation sites (tertiary alicyclic amines) is 1. The largest absolute Gasteiger partial charge is 0.340 e. The number of rotatable bonds is 4. The highest BCUT2D eigenvalue weighted by molar-refractivity contribution is 6.30. The lowest BCUT2D eigenvalue weighted by Gasteiger charge is -2.23. The molecule has 0 spiro atoms.